The molecule has 3 rings (SSSR count). The topological polar surface area (TPSA) is 88.5 Å². The first-order valence-electron chi connectivity index (χ1n) is 12.9. The third-order valence-electron chi connectivity index (χ3n) is 7.14. The largest absolute Gasteiger partial charge is 0.369 e. The highest BCUT2D eigenvalue weighted by molar-refractivity contribution is 5.95. The molecule has 0 spiro atoms. The smallest absolute Gasteiger partial charge is 0.251 e. The molecule has 1 heterocycles. The molecule has 2 aliphatic rings. The predicted molar refractivity (Wildman–Crippen MR) is 136 cm³/mol. The highest BCUT2D eigenvalue weighted by atomic mass is 16.2. The van der Waals surface area contributed by atoms with Gasteiger partial charge in [-0.25, -0.2) is 0 Å². The molecule has 0 unspecified atom stereocenters. The molecule has 0 aromatic heterocycles. The fourth-order valence-electron chi connectivity index (χ4n) is 5.08. The van der Waals surface area contributed by atoms with Crippen LogP contribution < -0.4 is 15.5 Å². The number of amides is 2. The highest BCUT2D eigenvalue weighted by Gasteiger charge is 2.33. The van der Waals surface area contributed by atoms with Crippen molar-refractivity contribution in [3.05, 3.63) is 29.8 Å². The highest BCUT2D eigenvalue weighted by Crippen LogP contribution is 2.26. The van der Waals surface area contributed by atoms with Gasteiger partial charge in [0.25, 0.3) is 5.91 Å². The van der Waals surface area contributed by atoms with Crippen LogP contribution in [0.25, 0.3) is 0 Å². The van der Waals surface area contributed by atoms with E-state index in [0.717, 1.165) is 57.5 Å². The number of rotatable bonds is 8. The first-order valence-corrected chi connectivity index (χ1v) is 12.9. The lowest BCUT2D eigenvalue weighted by Crippen LogP contribution is -2.50. The number of nitriles is 1. The van der Waals surface area contributed by atoms with Gasteiger partial charge in [-0.05, 0) is 63.3 Å². The van der Waals surface area contributed by atoms with Gasteiger partial charge in [0, 0.05) is 49.5 Å². The lowest BCUT2D eigenvalue weighted by molar-refractivity contribution is -0.127. The van der Waals surface area contributed by atoms with Gasteiger partial charge >= 0.3 is 0 Å². The van der Waals surface area contributed by atoms with Crippen LogP contribution >= 0.6 is 0 Å². The van der Waals surface area contributed by atoms with Gasteiger partial charge in [0.2, 0.25) is 5.91 Å². The Labute approximate surface area is 204 Å². The quantitative estimate of drug-likeness (QED) is 0.610. The van der Waals surface area contributed by atoms with Gasteiger partial charge < -0.3 is 15.5 Å². The molecule has 2 amide bonds. The normalized spacial score (nSPS) is 22.3. The van der Waals surface area contributed by atoms with E-state index in [1.165, 1.54) is 0 Å². The number of carbonyl (C=O) groups excluding carboxylic acids is 2. The summed E-state index contributed by atoms with van der Waals surface area (Å²) in [4.78, 5) is 30.8. The SMILES string of the molecule is CC(C)C[C@@H](C#N)NC(=O)[C@@H]1CCCC[C@@H]1NC(=O)c1ccc(N2CCN(C(C)C)CC2)cc1. The minimum Gasteiger partial charge on any atom is -0.369 e. The Balaban J connectivity index is 1.58. The second kappa shape index (κ2) is 12.2. The number of anilines is 1. The van der Waals surface area contributed by atoms with Gasteiger partial charge in [-0.1, -0.05) is 26.7 Å². The monoisotopic (exact) mass is 467 g/mol. The van der Waals surface area contributed by atoms with Crippen LogP contribution in [0.15, 0.2) is 24.3 Å². The number of hydrogen-bond donors (Lipinski definition) is 2. The van der Waals surface area contributed by atoms with Gasteiger partial charge in [-0.15, -0.1) is 0 Å². The van der Waals surface area contributed by atoms with Crippen molar-refractivity contribution >= 4 is 17.5 Å². The van der Waals surface area contributed by atoms with Crippen LogP contribution in [0.1, 0.15) is 70.2 Å². The molecule has 1 aliphatic carbocycles. The second-order valence-electron chi connectivity index (χ2n) is 10.5. The molecule has 3 atom stereocenters. The van der Waals surface area contributed by atoms with Gasteiger partial charge in [0.05, 0.1) is 12.0 Å². The molecular weight excluding hydrogens is 426 g/mol. The Morgan fingerprint density at radius 3 is 2.26 bits per heavy atom. The third-order valence-corrected chi connectivity index (χ3v) is 7.14. The van der Waals surface area contributed by atoms with Gasteiger partial charge in [0.1, 0.15) is 6.04 Å². The van der Waals surface area contributed by atoms with Crippen molar-refractivity contribution in [2.45, 2.75) is 77.9 Å². The van der Waals surface area contributed by atoms with Crippen LogP contribution in [0.5, 0.6) is 0 Å². The van der Waals surface area contributed by atoms with Gasteiger partial charge in [0.15, 0.2) is 0 Å². The molecule has 1 saturated carbocycles. The van der Waals surface area contributed by atoms with Gasteiger partial charge in [-0.2, -0.15) is 5.26 Å². The Hall–Kier alpha value is -2.59. The number of carbonyl (C=O) groups is 2. The Morgan fingerprint density at radius 1 is 1.03 bits per heavy atom. The minimum absolute atomic E-state index is 0.118. The molecule has 7 heteroatoms. The summed E-state index contributed by atoms with van der Waals surface area (Å²) in [5.74, 6) is -0.223. The van der Waals surface area contributed by atoms with Crippen molar-refractivity contribution in [1.82, 2.24) is 15.5 Å². The number of benzene rings is 1. The molecule has 1 saturated heterocycles. The van der Waals surface area contributed by atoms with Crippen LogP contribution in [-0.2, 0) is 4.79 Å². The first-order chi connectivity index (χ1) is 16.3. The predicted octanol–water partition coefficient (Wildman–Crippen LogP) is 3.56. The van der Waals surface area contributed by atoms with E-state index in [0.29, 0.717) is 23.9 Å². The summed E-state index contributed by atoms with van der Waals surface area (Å²) in [5.41, 5.74) is 1.76. The van der Waals surface area contributed by atoms with Crippen LogP contribution in [-0.4, -0.2) is 61.0 Å². The average Bonchev–Trinajstić information content (AvgIpc) is 2.83. The van der Waals surface area contributed by atoms with E-state index in [9.17, 15) is 14.9 Å². The van der Waals surface area contributed by atoms with E-state index in [1.807, 2.05) is 38.1 Å². The fraction of sp³-hybridized carbons (Fsp3) is 0.667. The average molecular weight is 468 g/mol. The zero-order valence-electron chi connectivity index (χ0n) is 21.2. The maximum atomic E-state index is 13.0. The van der Waals surface area contributed by atoms with E-state index >= 15 is 0 Å². The molecule has 2 N–H and O–H groups in total. The molecule has 0 bridgehead atoms. The summed E-state index contributed by atoms with van der Waals surface area (Å²) in [6, 6.07) is 9.88. The Kier molecular flexibility index (Phi) is 9.35. The van der Waals surface area contributed by atoms with Crippen LogP contribution in [0.4, 0.5) is 5.69 Å². The van der Waals surface area contributed by atoms with Crippen LogP contribution in [0.3, 0.4) is 0 Å². The molecule has 7 nitrogen and oxygen atoms in total. The Bertz CT molecular complexity index is 853. The lowest BCUT2D eigenvalue weighted by Gasteiger charge is -2.38. The second-order valence-corrected chi connectivity index (χ2v) is 10.5. The zero-order valence-corrected chi connectivity index (χ0v) is 21.2. The van der Waals surface area contributed by atoms with Crippen molar-refractivity contribution in [3.8, 4) is 6.07 Å². The molecule has 34 heavy (non-hydrogen) atoms. The van der Waals surface area contributed by atoms with E-state index in [1.54, 1.807) is 0 Å². The van der Waals surface area contributed by atoms with E-state index in [-0.39, 0.29) is 23.8 Å². The first kappa shape index (κ1) is 26.0. The summed E-state index contributed by atoms with van der Waals surface area (Å²) in [6.45, 7) is 12.6. The molecular formula is C27H41N5O2. The van der Waals surface area contributed by atoms with E-state index in [4.69, 9.17) is 0 Å². The lowest BCUT2D eigenvalue weighted by atomic mass is 9.83. The summed E-state index contributed by atoms with van der Waals surface area (Å²) >= 11 is 0. The van der Waals surface area contributed by atoms with Crippen molar-refractivity contribution in [2.75, 3.05) is 31.1 Å². The van der Waals surface area contributed by atoms with Crippen LogP contribution in [0, 0.1) is 23.2 Å². The summed E-state index contributed by atoms with van der Waals surface area (Å²) in [5, 5.41) is 15.4. The standard InChI is InChI=1S/C27H41N5O2/c1-19(2)17-22(18-28)29-27(34)24-7-5-6-8-25(24)30-26(33)21-9-11-23(12-10-21)32-15-13-31(14-16-32)20(3)4/h9-12,19-20,22,24-25H,5-8,13-17H2,1-4H3,(H,29,34)(H,30,33)/t22-,24+,25-/m0/s1. The maximum Gasteiger partial charge on any atom is 0.251 e. The molecule has 1 aromatic rings. The summed E-state index contributed by atoms with van der Waals surface area (Å²) < 4.78 is 0. The summed E-state index contributed by atoms with van der Waals surface area (Å²) in [6.07, 6.45) is 4.10. The molecule has 186 valence electrons. The van der Waals surface area contributed by atoms with E-state index in [2.05, 4.69) is 40.4 Å². The summed E-state index contributed by atoms with van der Waals surface area (Å²) in [7, 11) is 0. The van der Waals surface area contributed by atoms with E-state index < -0.39 is 6.04 Å². The maximum absolute atomic E-state index is 13.0. The minimum atomic E-state index is -0.485. The van der Waals surface area contributed by atoms with Crippen molar-refractivity contribution in [2.24, 2.45) is 11.8 Å². The van der Waals surface area contributed by atoms with Crippen molar-refractivity contribution < 1.29 is 9.59 Å². The molecule has 1 aliphatic heterocycles. The Morgan fingerprint density at radius 2 is 1.68 bits per heavy atom. The zero-order chi connectivity index (χ0) is 24.7. The molecule has 0 radical (unpaired) electrons. The number of nitrogens with one attached hydrogen (secondary N) is 2. The third kappa shape index (κ3) is 6.96. The number of nitrogens with zero attached hydrogens (tertiary/aromatic N) is 3. The van der Waals surface area contributed by atoms with Crippen LogP contribution in [0.2, 0.25) is 0 Å². The van der Waals surface area contributed by atoms with Crippen molar-refractivity contribution in [1.29, 1.82) is 5.26 Å². The van der Waals surface area contributed by atoms with Crippen molar-refractivity contribution in [3.63, 3.8) is 0 Å². The van der Waals surface area contributed by atoms with Gasteiger partial charge in [-0.3, -0.25) is 14.5 Å². The number of piperazine rings is 1. The fourth-order valence-corrected chi connectivity index (χ4v) is 5.08. The number of hydrogen-bond acceptors (Lipinski definition) is 5. The molecule has 1 aromatic carbocycles. The molecule has 2 fully saturated rings.